The minimum Gasteiger partial charge on any atom is -0.448 e. The lowest BCUT2D eigenvalue weighted by Crippen LogP contribution is -2.37. The van der Waals surface area contributed by atoms with Crippen LogP contribution in [0.1, 0.15) is 16.6 Å². The van der Waals surface area contributed by atoms with Crippen LogP contribution in [0.2, 0.25) is 0 Å². The van der Waals surface area contributed by atoms with Crippen molar-refractivity contribution in [2.75, 3.05) is 11.9 Å². The fourth-order valence-electron chi connectivity index (χ4n) is 2.57. The number of fused-ring (bicyclic) bond motifs is 1. The first kappa shape index (κ1) is 18.5. The fraction of sp³-hybridized carbons (Fsp3) is 0.158. The summed E-state index contributed by atoms with van der Waals surface area (Å²) in [6.45, 7) is 1.51. The summed E-state index contributed by atoms with van der Waals surface area (Å²) in [5.41, 5.74) is 0.646. The molecule has 3 rings (SSSR count). The molecule has 0 aliphatic heterocycles. The standard InChI is InChI=1S/C19H16N2O5S/c1-12(18(22)20(2)14-6-4-3-5-7-14)26-19(23)17-11-13-10-15(21(24)25)8-9-16(13)27-17/h3-12H,1-2H3/t12-/m1/s1. The average Bonchev–Trinajstić information content (AvgIpc) is 3.10. The Morgan fingerprint density at radius 3 is 2.52 bits per heavy atom. The third kappa shape index (κ3) is 3.95. The Balaban J connectivity index is 1.73. The molecule has 0 fully saturated rings. The molecule has 1 amide bonds. The lowest BCUT2D eigenvalue weighted by molar-refractivity contribution is -0.384. The number of esters is 1. The van der Waals surface area contributed by atoms with Crippen molar-refractivity contribution in [1.29, 1.82) is 0 Å². The minimum absolute atomic E-state index is 0.0479. The van der Waals surface area contributed by atoms with E-state index in [9.17, 15) is 19.7 Å². The molecule has 0 radical (unpaired) electrons. The first-order chi connectivity index (χ1) is 12.9. The topological polar surface area (TPSA) is 89.7 Å². The summed E-state index contributed by atoms with van der Waals surface area (Å²) in [6, 6.07) is 14.9. The molecule has 0 unspecified atom stereocenters. The molecule has 0 saturated heterocycles. The lowest BCUT2D eigenvalue weighted by atomic mass is 10.2. The second kappa shape index (κ2) is 7.55. The molecule has 1 heterocycles. The highest BCUT2D eigenvalue weighted by molar-refractivity contribution is 7.20. The van der Waals surface area contributed by atoms with Gasteiger partial charge >= 0.3 is 5.97 Å². The third-order valence-electron chi connectivity index (χ3n) is 4.02. The van der Waals surface area contributed by atoms with Crippen LogP contribution in [-0.2, 0) is 9.53 Å². The van der Waals surface area contributed by atoms with Crippen LogP contribution in [0.25, 0.3) is 10.1 Å². The van der Waals surface area contributed by atoms with Crippen LogP contribution < -0.4 is 4.90 Å². The number of non-ortho nitro benzene ring substituents is 1. The number of amides is 1. The molecule has 1 aromatic heterocycles. The van der Waals surface area contributed by atoms with Crippen molar-refractivity contribution < 1.29 is 19.2 Å². The number of carbonyl (C=O) groups excluding carboxylic acids is 2. The average molecular weight is 384 g/mol. The molecule has 2 aromatic carbocycles. The van der Waals surface area contributed by atoms with Crippen molar-refractivity contribution in [2.24, 2.45) is 0 Å². The zero-order valence-electron chi connectivity index (χ0n) is 14.6. The van der Waals surface area contributed by atoms with E-state index in [0.29, 0.717) is 11.1 Å². The molecule has 3 aromatic rings. The van der Waals surface area contributed by atoms with Gasteiger partial charge in [-0.15, -0.1) is 11.3 Å². The van der Waals surface area contributed by atoms with Crippen molar-refractivity contribution in [3.05, 3.63) is 69.6 Å². The van der Waals surface area contributed by atoms with E-state index in [2.05, 4.69) is 0 Å². The molecule has 0 aliphatic carbocycles. The molecule has 8 heteroatoms. The Kier molecular flexibility index (Phi) is 5.18. The van der Waals surface area contributed by atoms with E-state index in [0.717, 1.165) is 16.0 Å². The monoisotopic (exact) mass is 384 g/mol. The number of nitro groups is 1. The van der Waals surface area contributed by atoms with Crippen LogP contribution in [0, 0.1) is 10.1 Å². The Hall–Kier alpha value is -3.26. The number of rotatable bonds is 5. The number of ether oxygens (including phenoxy) is 1. The molecular formula is C19H16N2O5S. The Morgan fingerprint density at radius 2 is 1.85 bits per heavy atom. The van der Waals surface area contributed by atoms with Crippen molar-refractivity contribution in [1.82, 2.24) is 0 Å². The SMILES string of the molecule is C[C@@H](OC(=O)c1cc2cc([N+](=O)[O-])ccc2s1)C(=O)N(C)c1ccccc1. The van der Waals surface area contributed by atoms with E-state index in [4.69, 9.17) is 4.74 Å². The van der Waals surface area contributed by atoms with Gasteiger partial charge in [-0.25, -0.2) is 4.79 Å². The van der Waals surface area contributed by atoms with Crippen LogP contribution in [0.3, 0.4) is 0 Å². The fourth-order valence-corrected chi connectivity index (χ4v) is 3.49. The minimum atomic E-state index is -0.970. The van der Waals surface area contributed by atoms with E-state index in [1.165, 1.54) is 30.0 Å². The number of nitro benzene ring substituents is 1. The second-order valence-corrected chi connectivity index (χ2v) is 6.95. The smallest absolute Gasteiger partial charge is 0.349 e. The summed E-state index contributed by atoms with van der Waals surface area (Å²) in [6.07, 6.45) is -0.970. The molecule has 0 bridgehead atoms. The zero-order chi connectivity index (χ0) is 19.6. The predicted molar refractivity (Wildman–Crippen MR) is 103 cm³/mol. The maximum Gasteiger partial charge on any atom is 0.349 e. The molecule has 1 atom stereocenters. The van der Waals surface area contributed by atoms with Gasteiger partial charge in [-0.2, -0.15) is 0 Å². The maximum absolute atomic E-state index is 12.5. The zero-order valence-corrected chi connectivity index (χ0v) is 15.4. The number of benzene rings is 2. The van der Waals surface area contributed by atoms with Gasteiger partial charge in [0.05, 0.1) is 4.92 Å². The van der Waals surface area contributed by atoms with Gasteiger partial charge in [0.2, 0.25) is 0 Å². The maximum atomic E-state index is 12.5. The Bertz CT molecular complexity index is 1020. The van der Waals surface area contributed by atoms with E-state index in [1.54, 1.807) is 25.2 Å². The number of thiophene rings is 1. The molecule has 0 saturated carbocycles. The van der Waals surface area contributed by atoms with Crippen molar-refractivity contribution in [3.8, 4) is 0 Å². The van der Waals surface area contributed by atoms with Crippen LogP contribution in [0.4, 0.5) is 11.4 Å². The van der Waals surface area contributed by atoms with Gasteiger partial charge < -0.3 is 9.64 Å². The van der Waals surface area contributed by atoms with Gasteiger partial charge in [-0.3, -0.25) is 14.9 Å². The Morgan fingerprint density at radius 1 is 1.15 bits per heavy atom. The largest absolute Gasteiger partial charge is 0.448 e. The van der Waals surface area contributed by atoms with Gasteiger partial charge in [0.1, 0.15) is 4.88 Å². The van der Waals surface area contributed by atoms with Crippen LogP contribution in [0.15, 0.2) is 54.6 Å². The number of anilines is 1. The van der Waals surface area contributed by atoms with E-state index < -0.39 is 17.0 Å². The normalized spacial score (nSPS) is 11.8. The van der Waals surface area contributed by atoms with Gasteiger partial charge in [-0.05, 0) is 31.2 Å². The summed E-state index contributed by atoms with van der Waals surface area (Å²) in [4.78, 5) is 36.9. The quantitative estimate of drug-likeness (QED) is 0.376. The van der Waals surface area contributed by atoms with Gasteiger partial charge in [0, 0.05) is 35.0 Å². The molecule has 27 heavy (non-hydrogen) atoms. The predicted octanol–water partition coefficient (Wildman–Crippen LogP) is 4.02. The number of hydrogen-bond acceptors (Lipinski definition) is 6. The molecule has 0 N–H and O–H groups in total. The van der Waals surface area contributed by atoms with Gasteiger partial charge in [0.15, 0.2) is 6.10 Å². The number of likely N-dealkylation sites (N-methyl/N-ethyl adjacent to an activating group) is 1. The second-order valence-electron chi connectivity index (χ2n) is 5.87. The number of hydrogen-bond donors (Lipinski definition) is 0. The van der Waals surface area contributed by atoms with E-state index in [1.807, 2.05) is 18.2 Å². The highest BCUT2D eigenvalue weighted by Gasteiger charge is 2.24. The first-order valence-corrected chi connectivity index (χ1v) is 8.90. The van der Waals surface area contributed by atoms with Gasteiger partial charge in [0.25, 0.3) is 11.6 Å². The summed E-state index contributed by atoms with van der Waals surface area (Å²) in [5.74, 6) is -0.993. The van der Waals surface area contributed by atoms with Gasteiger partial charge in [-0.1, -0.05) is 18.2 Å². The van der Waals surface area contributed by atoms with Crippen LogP contribution in [-0.4, -0.2) is 30.0 Å². The molecule has 7 nitrogen and oxygen atoms in total. The van der Waals surface area contributed by atoms with Crippen molar-refractivity contribution in [2.45, 2.75) is 13.0 Å². The van der Waals surface area contributed by atoms with Crippen molar-refractivity contribution >= 4 is 44.7 Å². The van der Waals surface area contributed by atoms with Crippen LogP contribution in [0.5, 0.6) is 0 Å². The van der Waals surface area contributed by atoms with Crippen LogP contribution >= 0.6 is 11.3 Å². The number of para-hydroxylation sites is 1. The Labute approximate surface area is 158 Å². The first-order valence-electron chi connectivity index (χ1n) is 8.08. The molecule has 138 valence electrons. The summed E-state index contributed by atoms with van der Waals surface area (Å²) >= 11 is 1.16. The summed E-state index contributed by atoms with van der Waals surface area (Å²) in [5, 5.41) is 11.4. The molecule has 0 aliphatic rings. The summed E-state index contributed by atoms with van der Waals surface area (Å²) < 4.78 is 6.02. The highest BCUT2D eigenvalue weighted by Crippen LogP contribution is 2.29. The lowest BCUT2D eigenvalue weighted by Gasteiger charge is -2.21. The van der Waals surface area contributed by atoms with E-state index in [-0.39, 0.29) is 16.5 Å². The summed E-state index contributed by atoms with van der Waals surface area (Å²) in [7, 11) is 1.61. The van der Waals surface area contributed by atoms with Crippen molar-refractivity contribution in [3.63, 3.8) is 0 Å². The number of carbonyl (C=O) groups is 2. The van der Waals surface area contributed by atoms with E-state index >= 15 is 0 Å². The highest BCUT2D eigenvalue weighted by atomic mass is 32.1. The third-order valence-corrected chi connectivity index (χ3v) is 5.11. The number of nitrogens with zero attached hydrogens (tertiary/aromatic N) is 2. The molecule has 0 spiro atoms. The molecular weight excluding hydrogens is 368 g/mol.